The summed E-state index contributed by atoms with van der Waals surface area (Å²) in [7, 11) is 0. The summed E-state index contributed by atoms with van der Waals surface area (Å²) in [4.78, 5) is 50.5. The number of benzene rings is 1. The number of amides is 3. The van der Waals surface area contributed by atoms with E-state index in [1.807, 2.05) is 30.3 Å². The van der Waals surface area contributed by atoms with E-state index < -0.39 is 42.0 Å². The van der Waals surface area contributed by atoms with Gasteiger partial charge in [-0.25, -0.2) is 9.48 Å². The molecule has 4 heterocycles. The van der Waals surface area contributed by atoms with Crippen LogP contribution < -0.4 is 5.32 Å². The van der Waals surface area contributed by atoms with E-state index in [1.54, 1.807) is 0 Å². The number of carbonyl (C=O) groups is 4. The molecule has 2 N–H and O–H groups in total. The number of carboxylic acid groups (broad SMARTS) is 1. The fourth-order valence-corrected chi connectivity index (χ4v) is 6.17. The first kappa shape index (κ1) is 30.0. The molecule has 2 fully saturated rings. The summed E-state index contributed by atoms with van der Waals surface area (Å²) in [5.41, 5.74) is 1.07. The van der Waals surface area contributed by atoms with Crippen molar-refractivity contribution in [1.82, 2.24) is 35.3 Å². The van der Waals surface area contributed by atoms with Crippen LogP contribution in [0.5, 0.6) is 0 Å². The Hall–Kier alpha value is -2.95. The molecule has 2 aromatic rings. The molecule has 12 nitrogen and oxygen atoms in total. The Morgan fingerprint density at radius 3 is 2.58 bits per heavy atom. The molecule has 0 bridgehead atoms. The van der Waals surface area contributed by atoms with Gasteiger partial charge in [0.1, 0.15) is 18.3 Å². The molecule has 3 amide bonds. The van der Waals surface area contributed by atoms with Crippen LogP contribution in [0.15, 0.2) is 46.8 Å². The number of β-lactam (4-membered cyclic amide) rings is 1. The zero-order valence-electron chi connectivity index (χ0n) is 20.2. The Balaban J connectivity index is 0.00000370. The average molecular weight is 590 g/mol. The number of alkyl halides is 3. The van der Waals surface area contributed by atoms with Gasteiger partial charge in [0.25, 0.3) is 5.91 Å². The van der Waals surface area contributed by atoms with Crippen molar-refractivity contribution < 1.29 is 37.5 Å². The SMILES string of the molecule is O=C(Cn1nnnc1SCC1=C(C(=O)O)N2C(=O)[C@@H]3[C@H]2[C@H](C1)CN3C(=O)C(F)(F)F)NCCc1ccccc1.[NaH]. The van der Waals surface area contributed by atoms with Crippen LogP contribution in [0, 0.1) is 5.92 Å². The van der Waals surface area contributed by atoms with Crippen molar-refractivity contribution in [2.24, 2.45) is 5.92 Å². The number of nitrogens with zero attached hydrogens (tertiary/aromatic N) is 6. The maximum atomic E-state index is 13.1. The first-order chi connectivity index (χ1) is 18.6. The molecule has 3 aliphatic heterocycles. The zero-order valence-corrected chi connectivity index (χ0v) is 21.0. The molecule has 3 atom stereocenters. The number of thioether (sulfide) groups is 1. The topological polar surface area (TPSA) is 151 Å². The first-order valence-electron chi connectivity index (χ1n) is 11.9. The minimum atomic E-state index is -5.14. The standard InChI is InChI=1S/C23H22F3N7O5S.Na.H/c24-23(25,26)21(38)31-9-13-8-14(17(20(36)37)33-16(13)18(31)19(33)35)11-39-22-28-29-30-32(22)10-15(34)27-7-6-12-4-2-1-3-5-12;;/h1-5,13,16,18H,6-11H2,(H,27,34)(H,36,37);;/t13-,16-,18+;;/m1../s1. The summed E-state index contributed by atoms with van der Waals surface area (Å²) in [6.45, 7) is -0.0814. The third-order valence-corrected chi connectivity index (χ3v) is 7.94. The first-order valence-corrected chi connectivity index (χ1v) is 12.9. The second-order valence-corrected chi connectivity index (χ2v) is 10.3. The van der Waals surface area contributed by atoms with Crippen LogP contribution >= 0.6 is 11.8 Å². The maximum absolute atomic E-state index is 13.1. The van der Waals surface area contributed by atoms with Crippen molar-refractivity contribution in [1.29, 1.82) is 0 Å². The number of halogens is 3. The van der Waals surface area contributed by atoms with Crippen LogP contribution in [-0.2, 0) is 32.1 Å². The molecular formula is C23H23F3N7NaO5S. The molecule has 0 spiro atoms. The van der Waals surface area contributed by atoms with Crippen molar-refractivity contribution in [3.63, 3.8) is 0 Å². The normalized spacial score (nSPS) is 21.5. The molecule has 5 rings (SSSR count). The van der Waals surface area contributed by atoms with E-state index in [-0.39, 0.29) is 71.6 Å². The fraction of sp³-hybridized carbons (Fsp3) is 0.435. The molecule has 1 aromatic carbocycles. The monoisotopic (exact) mass is 589 g/mol. The van der Waals surface area contributed by atoms with Crippen LogP contribution in [0.4, 0.5) is 13.2 Å². The predicted molar refractivity (Wildman–Crippen MR) is 134 cm³/mol. The molecule has 0 radical (unpaired) electrons. The number of hydrogen-bond acceptors (Lipinski definition) is 8. The van der Waals surface area contributed by atoms with Gasteiger partial charge in [0.05, 0.1) is 6.04 Å². The molecule has 3 aliphatic rings. The molecule has 0 unspecified atom stereocenters. The van der Waals surface area contributed by atoms with Crippen LogP contribution in [0.25, 0.3) is 0 Å². The van der Waals surface area contributed by atoms with E-state index in [4.69, 9.17) is 0 Å². The molecule has 2 saturated heterocycles. The van der Waals surface area contributed by atoms with Gasteiger partial charge in [-0.2, -0.15) is 13.2 Å². The summed E-state index contributed by atoms with van der Waals surface area (Å²) in [6, 6.07) is 7.46. The molecule has 17 heteroatoms. The Bertz CT molecular complexity index is 1360. The van der Waals surface area contributed by atoms with E-state index in [0.717, 1.165) is 22.2 Å². The molecule has 1 aromatic heterocycles. The van der Waals surface area contributed by atoms with Crippen molar-refractivity contribution in [3.8, 4) is 0 Å². The van der Waals surface area contributed by atoms with Gasteiger partial charge in [-0.1, -0.05) is 42.1 Å². The molecule has 0 saturated carbocycles. The van der Waals surface area contributed by atoms with Crippen LogP contribution in [0.2, 0.25) is 0 Å². The van der Waals surface area contributed by atoms with Gasteiger partial charge >= 0.3 is 47.6 Å². The van der Waals surface area contributed by atoms with Crippen molar-refractivity contribution in [3.05, 3.63) is 47.2 Å². The van der Waals surface area contributed by atoms with E-state index in [0.29, 0.717) is 23.4 Å². The second-order valence-electron chi connectivity index (χ2n) is 9.31. The number of nitrogens with one attached hydrogen (secondary N) is 1. The van der Waals surface area contributed by atoms with E-state index in [1.165, 1.54) is 4.68 Å². The Kier molecular flexibility index (Phi) is 8.92. The van der Waals surface area contributed by atoms with Crippen molar-refractivity contribution in [2.45, 2.75) is 42.8 Å². The van der Waals surface area contributed by atoms with Crippen LogP contribution in [-0.4, -0.2) is 125 Å². The zero-order chi connectivity index (χ0) is 27.9. The number of carbonyl (C=O) groups excluding carboxylic acids is 3. The van der Waals surface area contributed by atoms with Gasteiger partial charge in [-0.15, -0.1) is 5.10 Å². The number of likely N-dealkylation sites (tertiary alicyclic amines) is 1. The number of rotatable bonds is 9. The quantitative estimate of drug-likeness (QED) is 0.231. The molecule has 40 heavy (non-hydrogen) atoms. The number of aliphatic carboxylic acids is 1. The number of tetrazole rings is 1. The summed E-state index contributed by atoms with van der Waals surface area (Å²) < 4.78 is 40.4. The summed E-state index contributed by atoms with van der Waals surface area (Å²) in [6.07, 6.45) is -4.41. The van der Waals surface area contributed by atoms with E-state index in [9.17, 15) is 37.5 Å². The molecule has 208 valence electrons. The fourth-order valence-electron chi connectivity index (χ4n) is 5.27. The van der Waals surface area contributed by atoms with E-state index in [2.05, 4.69) is 20.8 Å². The third-order valence-electron chi connectivity index (χ3n) is 6.90. The summed E-state index contributed by atoms with van der Waals surface area (Å²) >= 11 is 1.04. The van der Waals surface area contributed by atoms with Crippen LogP contribution in [0.3, 0.4) is 0 Å². The van der Waals surface area contributed by atoms with Crippen molar-refractivity contribution in [2.75, 3.05) is 18.8 Å². The van der Waals surface area contributed by atoms with Gasteiger partial charge in [-0.3, -0.25) is 19.3 Å². The third kappa shape index (κ3) is 5.75. The van der Waals surface area contributed by atoms with Gasteiger partial charge in [0, 0.05) is 24.8 Å². The second kappa shape index (κ2) is 11.9. The summed E-state index contributed by atoms with van der Waals surface area (Å²) in [5, 5.41) is 24.1. The Morgan fingerprint density at radius 2 is 1.90 bits per heavy atom. The number of carboxylic acids is 1. The summed E-state index contributed by atoms with van der Waals surface area (Å²) in [5.74, 6) is -5.20. The van der Waals surface area contributed by atoms with Gasteiger partial charge in [0.2, 0.25) is 11.1 Å². The minimum absolute atomic E-state index is 0. The number of aromatic nitrogens is 4. The Morgan fingerprint density at radius 1 is 1.18 bits per heavy atom. The van der Waals surface area contributed by atoms with Gasteiger partial charge in [0.15, 0.2) is 0 Å². The van der Waals surface area contributed by atoms with Gasteiger partial charge < -0.3 is 15.3 Å². The van der Waals surface area contributed by atoms with Crippen molar-refractivity contribution >= 4 is 65.0 Å². The molecule has 0 aliphatic carbocycles. The number of hydrogen-bond donors (Lipinski definition) is 2. The molecular weight excluding hydrogens is 566 g/mol. The average Bonchev–Trinajstić information content (AvgIpc) is 3.48. The predicted octanol–water partition coefficient (Wildman–Crippen LogP) is -0.182. The van der Waals surface area contributed by atoms with E-state index >= 15 is 0 Å². The Labute approximate surface area is 251 Å². The van der Waals surface area contributed by atoms with Crippen LogP contribution in [0.1, 0.15) is 12.0 Å². The van der Waals surface area contributed by atoms with Gasteiger partial charge in [-0.05, 0) is 34.4 Å².